The van der Waals surface area contributed by atoms with E-state index in [0.717, 1.165) is 17.7 Å². The minimum atomic E-state index is -0.269. The number of carbonyl (C=O) groups is 1. The van der Waals surface area contributed by atoms with Crippen LogP contribution in [0.15, 0.2) is 40.8 Å². The van der Waals surface area contributed by atoms with Crippen LogP contribution in [0, 0.1) is 5.41 Å². The van der Waals surface area contributed by atoms with Crippen molar-refractivity contribution >= 4 is 23.5 Å². The van der Waals surface area contributed by atoms with Gasteiger partial charge in [0, 0.05) is 15.9 Å². The molecule has 1 fully saturated rings. The van der Waals surface area contributed by atoms with Crippen molar-refractivity contribution in [1.82, 2.24) is 5.43 Å². The lowest BCUT2D eigenvalue weighted by Crippen LogP contribution is -2.18. The second kappa shape index (κ2) is 5.70. The van der Waals surface area contributed by atoms with E-state index >= 15 is 0 Å². The van der Waals surface area contributed by atoms with E-state index < -0.39 is 0 Å². The largest absolute Gasteiger partial charge is 0.489 e. The van der Waals surface area contributed by atoms with Crippen molar-refractivity contribution in [3.8, 4) is 11.5 Å². The van der Waals surface area contributed by atoms with Crippen molar-refractivity contribution in [3.05, 3.63) is 46.2 Å². The van der Waals surface area contributed by atoms with Crippen LogP contribution >= 0.6 is 11.3 Å². The highest BCUT2D eigenvalue weighted by Crippen LogP contribution is 2.49. The second-order valence-electron chi connectivity index (χ2n) is 5.95. The number of thiophene rings is 1. The van der Waals surface area contributed by atoms with Crippen LogP contribution in [0.25, 0.3) is 0 Å². The van der Waals surface area contributed by atoms with Crippen LogP contribution in [0.1, 0.15) is 28.1 Å². The van der Waals surface area contributed by atoms with E-state index in [1.165, 1.54) is 0 Å². The quantitative estimate of drug-likeness (QED) is 0.696. The first-order valence-electron chi connectivity index (χ1n) is 7.51. The average molecular weight is 328 g/mol. The number of nitrogens with zero attached hydrogens (tertiary/aromatic N) is 1. The van der Waals surface area contributed by atoms with Gasteiger partial charge in [-0.1, -0.05) is 6.07 Å². The fraction of sp³-hybridized carbons (Fsp3) is 0.294. The molecule has 1 aromatic carbocycles. The van der Waals surface area contributed by atoms with Crippen LogP contribution in [0.4, 0.5) is 0 Å². The molecule has 2 heterocycles. The predicted molar refractivity (Wildman–Crippen MR) is 88.5 cm³/mol. The molecule has 0 bridgehead atoms. The van der Waals surface area contributed by atoms with Gasteiger partial charge in [-0.15, -0.1) is 11.3 Å². The summed E-state index contributed by atoms with van der Waals surface area (Å²) in [4.78, 5) is 13.2. The molecule has 1 saturated carbocycles. The van der Waals surface area contributed by atoms with Gasteiger partial charge in [0.25, 0.3) is 5.91 Å². The summed E-state index contributed by atoms with van der Waals surface area (Å²) < 4.78 is 11.6. The van der Waals surface area contributed by atoms with Gasteiger partial charge in [-0.05, 0) is 42.5 Å². The Morgan fingerprint density at radius 1 is 1.22 bits per heavy atom. The maximum Gasteiger partial charge on any atom is 0.271 e. The van der Waals surface area contributed by atoms with Crippen molar-refractivity contribution < 1.29 is 14.3 Å². The highest BCUT2D eigenvalue weighted by Gasteiger charge is 2.46. The smallest absolute Gasteiger partial charge is 0.271 e. The standard InChI is InChI=1S/C17H16N2O3S/c20-16(19-18-9-13-2-1-7-23-13)12-3-4-14-15(8-12)22-11-17(5-6-17)10-21-14/h1-4,7-9H,5-6,10-11H2,(H,19,20)/b18-9+. The molecule has 0 unspecified atom stereocenters. The molecule has 1 aliphatic heterocycles. The Hall–Kier alpha value is -2.34. The van der Waals surface area contributed by atoms with Crippen LogP contribution < -0.4 is 14.9 Å². The Bertz CT molecular complexity index is 751. The first-order valence-corrected chi connectivity index (χ1v) is 8.39. The zero-order valence-corrected chi connectivity index (χ0v) is 13.3. The average Bonchev–Trinajstić information content (AvgIpc) is 3.21. The van der Waals surface area contributed by atoms with Crippen LogP contribution in [-0.2, 0) is 0 Å². The molecule has 1 amide bonds. The van der Waals surface area contributed by atoms with E-state index in [0.29, 0.717) is 30.3 Å². The van der Waals surface area contributed by atoms with Gasteiger partial charge in [-0.25, -0.2) is 5.43 Å². The monoisotopic (exact) mass is 328 g/mol. The molecule has 1 aromatic heterocycles. The molecular formula is C17H16N2O3S. The van der Waals surface area contributed by atoms with Gasteiger partial charge in [-0.2, -0.15) is 5.10 Å². The van der Waals surface area contributed by atoms with Gasteiger partial charge in [0.2, 0.25) is 0 Å². The molecule has 5 nitrogen and oxygen atoms in total. The normalized spacial score (nSPS) is 17.9. The topological polar surface area (TPSA) is 59.9 Å². The zero-order chi connectivity index (χ0) is 15.7. The van der Waals surface area contributed by atoms with E-state index in [2.05, 4.69) is 10.5 Å². The lowest BCUT2D eigenvalue weighted by molar-refractivity contribution is 0.0954. The van der Waals surface area contributed by atoms with Crippen molar-refractivity contribution in [2.45, 2.75) is 12.8 Å². The molecule has 118 valence electrons. The second-order valence-corrected chi connectivity index (χ2v) is 6.93. The number of hydrogen-bond acceptors (Lipinski definition) is 5. The fourth-order valence-electron chi connectivity index (χ4n) is 2.43. The third kappa shape index (κ3) is 3.07. The van der Waals surface area contributed by atoms with Crippen molar-refractivity contribution in [2.24, 2.45) is 10.5 Å². The number of nitrogens with one attached hydrogen (secondary N) is 1. The number of ether oxygens (including phenoxy) is 2. The first kappa shape index (κ1) is 14.3. The summed E-state index contributed by atoms with van der Waals surface area (Å²) in [5.41, 5.74) is 3.22. The van der Waals surface area contributed by atoms with Gasteiger partial charge in [0.1, 0.15) is 0 Å². The first-order chi connectivity index (χ1) is 11.2. The number of fused-ring (bicyclic) bond motifs is 1. The number of benzene rings is 1. The number of rotatable bonds is 3. The van der Waals surface area contributed by atoms with Crippen LogP contribution in [0.3, 0.4) is 0 Å². The minimum absolute atomic E-state index is 0.187. The summed E-state index contributed by atoms with van der Waals surface area (Å²) in [5.74, 6) is 1.06. The Morgan fingerprint density at radius 3 is 2.78 bits per heavy atom. The lowest BCUT2D eigenvalue weighted by Gasteiger charge is -2.08. The van der Waals surface area contributed by atoms with Crippen molar-refractivity contribution in [3.63, 3.8) is 0 Å². The molecule has 0 radical (unpaired) electrons. The molecule has 4 rings (SSSR count). The molecule has 2 aromatic rings. The summed E-state index contributed by atoms with van der Waals surface area (Å²) in [6.07, 6.45) is 3.92. The minimum Gasteiger partial charge on any atom is -0.489 e. The summed E-state index contributed by atoms with van der Waals surface area (Å²) in [5, 5.41) is 5.93. The molecular weight excluding hydrogens is 312 g/mol. The van der Waals surface area contributed by atoms with Gasteiger partial charge in [0.05, 0.1) is 19.4 Å². The van der Waals surface area contributed by atoms with Gasteiger partial charge in [-0.3, -0.25) is 4.79 Å². The van der Waals surface area contributed by atoms with Crippen molar-refractivity contribution in [2.75, 3.05) is 13.2 Å². The molecule has 0 atom stereocenters. The highest BCUT2D eigenvalue weighted by atomic mass is 32.1. The van der Waals surface area contributed by atoms with E-state index in [1.807, 2.05) is 17.5 Å². The summed E-state index contributed by atoms with van der Waals surface area (Å²) >= 11 is 1.56. The lowest BCUT2D eigenvalue weighted by atomic mass is 10.1. The third-order valence-corrected chi connectivity index (χ3v) is 4.94. The third-order valence-electron chi connectivity index (χ3n) is 4.13. The van der Waals surface area contributed by atoms with Gasteiger partial charge < -0.3 is 9.47 Å². The summed E-state index contributed by atoms with van der Waals surface area (Å²) in [6.45, 7) is 1.35. The molecule has 1 aliphatic carbocycles. The molecule has 2 aliphatic rings. The SMILES string of the molecule is O=C(N/N=C/c1cccs1)c1ccc2c(c1)OCC1(CC1)CO2. The molecule has 6 heteroatoms. The van der Waals surface area contributed by atoms with Crippen LogP contribution in [-0.4, -0.2) is 25.3 Å². The highest BCUT2D eigenvalue weighted by molar-refractivity contribution is 7.11. The molecule has 1 spiro atoms. The molecule has 1 N–H and O–H groups in total. The number of hydrazone groups is 1. The Labute approximate surface area is 137 Å². The number of carbonyl (C=O) groups excluding carboxylic acids is 1. The van der Waals surface area contributed by atoms with Crippen molar-refractivity contribution in [1.29, 1.82) is 0 Å². The van der Waals surface area contributed by atoms with E-state index in [1.54, 1.807) is 35.8 Å². The maximum atomic E-state index is 12.2. The van der Waals surface area contributed by atoms with Crippen LogP contribution in [0.5, 0.6) is 11.5 Å². The Balaban J connectivity index is 1.45. The van der Waals surface area contributed by atoms with Crippen LogP contribution in [0.2, 0.25) is 0 Å². The van der Waals surface area contributed by atoms with E-state index in [9.17, 15) is 4.79 Å². The summed E-state index contributed by atoms with van der Waals surface area (Å²) in [6, 6.07) is 9.09. The predicted octanol–water partition coefficient (Wildman–Crippen LogP) is 3.06. The van der Waals surface area contributed by atoms with E-state index in [-0.39, 0.29) is 11.3 Å². The number of amides is 1. The Morgan fingerprint density at radius 2 is 2.04 bits per heavy atom. The Kier molecular flexibility index (Phi) is 3.53. The van der Waals surface area contributed by atoms with Gasteiger partial charge in [0.15, 0.2) is 11.5 Å². The maximum absolute atomic E-state index is 12.2. The molecule has 0 saturated heterocycles. The molecule has 23 heavy (non-hydrogen) atoms. The van der Waals surface area contributed by atoms with E-state index in [4.69, 9.17) is 9.47 Å². The number of hydrogen-bond donors (Lipinski definition) is 1. The zero-order valence-electron chi connectivity index (χ0n) is 12.5. The van der Waals surface area contributed by atoms with Gasteiger partial charge >= 0.3 is 0 Å². The fourth-order valence-corrected chi connectivity index (χ4v) is 3.02. The summed E-state index contributed by atoms with van der Waals surface area (Å²) in [7, 11) is 0.